The third-order valence-corrected chi connectivity index (χ3v) is 3.04. The molecule has 2 N–H and O–H groups in total. The minimum absolute atomic E-state index is 0.141. The van der Waals surface area contributed by atoms with E-state index in [0.29, 0.717) is 5.82 Å². The number of rotatable bonds is 3. The molecule has 1 aromatic heterocycles. The summed E-state index contributed by atoms with van der Waals surface area (Å²) >= 11 is 6.02. The molecule has 0 radical (unpaired) electrons. The van der Waals surface area contributed by atoms with Gasteiger partial charge in [-0.25, -0.2) is 4.68 Å². The Morgan fingerprint density at radius 3 is 2.71 bits per heavy atom. The van der Waals surface area contributed by atoms with Crippen molar-refractivity contribution >= 4 is 17.4 Å². The van der Waals surface area contributed by atoms with Crippen LogP contribution < -0.4 is 5.73 Å². The number of nitrogens with two attached hydrogens (primary N) is 1. The van der Waals surface area contributed by atoms with Crippen LogP contribution in [0, 0.1) is 6.92 Å². The van der Waals surface area contributed by atoms with E-state index in [9.17, 15) is 0 Å². The van der Waals surface area contributed by atoms with Crippen molar-refractivity contribution < 1.29 is 0 Å². The quantitative estimate of drug-likeness (QED) is 0.906. The summed E-state index contributed by atoms with van der Waals surface area (Å²) in [7, 11) is 0. The first-order chi connectivity index (χ1) is 8.11. The lowest BCUT2D eigenvalue weighted by Gasteiger charge is -2.17. The molecule has 0 bridgehead atoms. The Morgan fingerprint density at radius 2 is 2.18 bits per heavy atom. The summed E-state index contributed by atoms with van der Waals surface area (Å²) in [4.78, 5) is 0. The van der Waals surface area contributed by atoms with Gasteiger partial charge in [-0.3, -0.25) is 0 Å². The molecule has 1 aromatic carbocycles. The van der Waals surface area contributed by atoms with Crippen molar-refractivity contribution in [2.75, 3.05) is 5.73 Å². The van der Waals surface area contributed by atoms with Gasteiger partial charge in [-0.1, -0.05) is 30.7 Å². The van der Waals surface area contributed by atoms with Gasteiger partial charge in [0.2, 0.25) is 0 Å². The van der Waals surface area contributed by atoms with Gasteiger partial charge in [0.15, 0.2) is 0 Å². The molecule has 0 aliphatic carbocycles. The van der Waals surface area contributed by atoms with E-state index in [2.05, 4.69) is 18.1 Å². The summed E-state index contributed by atoms with van der Waals surface area (Å²) in [6, 6.07) is 9.86. The van der Waals surface area contributed by atoms with Crippen LogP contribution in [0.1, 0.15) is 30.6 Å². The predicted molar refractivity (Wildman–Crippen MR) is 71.3 cm³/mol. The van der Waals surface area contributed by atoms with Crippen LogP contribution >= 0.6 is 11.6 Å². The van der Waals surface area contributed by atoms with Crippen molar-refractivity contribution in [2.24, 2.45) is 0 Å². The summed E-state index contributed by atoms with van der Waals surface area (Å²) in [5.41, 5.74) is 8.03. The monoisotopic (exact) mass is 249 g/mol. The number of anilines is 1. The molecule has 3 nitrogen and oxygen atoms in total. The van der Waals surface area contributed by atoms with Crippen molar-refractivity contribution in [1.82, 2.24) is 9.78 Å². The molecular formula is C13H16ClN3. The summed E-state index contributed by atoms with van der Waals surface area (Å²) in [5, 5.41) is 5.18. The normalized spacial score (nSPS) is 12.6. The Hall–Kier alpha value is -1.48. The molecule has 2 rings (SSSR count). The lowest BCUT2D eigenvalue weighted by atomic mass is 10.1. The number of nitrogen functional groups attached to an aromatic ring is 1. The molecule has 4 heteroatoms. The maximum atomic E-state index is 6.02. The molecule has 1 unspecified atom stereocenters. The molecular weight excluding hydrogens is 234 g/mol. The fourth-order valence-electron chi connectivity index (χ4n) is 2.05. The zero-order chi connectivity index (χ0) is 12.4. The van der Waals surface area contributed by atoms with Gasteiger partial charge in [0, 0.05) is 11.1 Å². The third-order valence-electron chi connectivity index (χ3n) is 2.80. The molecule has 17 heavy (non-hydrogen) atoms. The Morgan fingerprint density at radius 1 is 1.41 bits per heavy atom. The number of halogens is 1. The van der Waals surface area contributed by atoms with Crippen molar-refractivity contribution in [1.29, 1.82) is 0 Å². The Bertz CT molecular complexity index is 519. The number of hydrogen-bond donors (Lipinski definition) is 1. The highest BCUT2D eigenvalue weighted by Gasteiger charge is 2.15. The minimum atomic E-state index is 0.141. The largest absolute Gasteiger partial charge is 0.384 e. The fraction of sp³-hybridized carbons (Fsp3) is 0.308. The average molecular weight is 250 g/mol. The van der Waals surface area contributed by atoms with Gasteiger partial charge in [0.25, 0.3) is 0 Å². The van der Waals surface area contributed by atoms with Crippen LogP contribution in [0.5, 0.6) is 0 Å². The Kier molecular flexibility index (Phi) is 3.38. The van der Waals surface area contributed by atoms with E-state index in [1.165, 1.54) is 0 Å². The molecule has 0 aliphatic heterocycles. The summed E-state index contributed by atoms with van der Waals surface area (Å²) in [5.74, 6) is 0.689. The first-order valence-electron chi connectivity index (χ1n) is 5.69. The van der Waals surface area contributed by atoms with Crippen molar-refractivity contribution in [3.8, 4) is 0 Å². The second kappa shape index (κ2) is 4.80. The zero-order valence-electron chi connectivity index (χ0n) is 10.0. The first-order valence-corrected chi connectivity index (χ1v) is 6.06. The van der Waals surface area contributed by atoms with Crippen LogP contribution in [0.3, 0.4) is 0 Å². The van der Waals surface area contributed by atoms with E-state index in [1.54, 1.807) is 0 Å². The number of benzene rings is 1. The van der Waals surface area contributed by atoms with Gasteiger partial charge in [0.1, 0.15) is 5.82 Å². The predicted octanol–water partition coefficient (Wildman–Crippen LogP) is 3.43. The van der Waals surface area contributed by atoms with Crippen molar-refractivity contribution in [2.45, 2.75) is 26.3 Å². The lowest BCUT2D eigenvalue weighted by molar-refractivity contribution is 0.513. The van der Waals surface area contributed by atoms with Crippen molar-refractivity contribution in [3.63, 3.8) is 0 Å². The molecule has 1 atom stereocenters. The van der Waals surface area contributed by atoms with Crippen LogP contribution in [0.25, 0.3) is 0 Å². The second-order valence-electron chi connectivity index (χ2n) is 4.13. The maximum Gasteiger partial charge on any atom is 0.122 e. The van der Waals surface area contributed by atoms with Gasteiger partial charge in [-0.15, -0.1) is 0 Å². The molecule has 0 saturated carbocycles. The van der Waals surface area contributed by atoms with Gasteiger partial charge in [0.05, 0.1) is 11.7 Å². The highest BCUT2D eigenvalue weighted by Crippen LogP contribution is 2.26. The lowest BCUT2D eigenvalue weighted by Crippen LogP contribution is -2.13. The minimum Gasteiger partial charge on any atom is -0.384 e. The average Bonchev–Trinajstić information content (AvgIpc) is 2.59. The van der Waals surface area contributed by atoms with Crippen LogP contribution in [0.2, 0.25) is 5.02 Å². The van der Waals surface area contributed by atoms with Crippen molar-refractivity contribution in [3.05, 3.63) is 46.6 Å². The second-order valence-corrected chi connectivity index (χ2v) is 4.57. The Balaban J connectivity index is 2.43. The van der Waals surface area contributed by atoms with E-state index in [0.717, 1.165) is 22.7 Å². The molecule has 0 aliphatic rings. The van der Waals surface area contributed by atoms with Gasteiger partial charge in [-0.05, 0) is 31.0 Å². The van der Waals surface area contributed by atoms with Crippen LogP contribution in [-0.2, 0) is 0 Å². The smallest absolute Gasteiger partial charge is 0.122 e. The summed E-state index contributed by atoms with van der Waals surface area (Å²) < 4.78 is 1.86. The molecule has 0 spiro atoms. The molecule has 0 saturated heterocycles. The Labute approximate surface area is 106 Å². The zero-order valence-corrected chi connectivity index (χ0v) is 10.8. The van der Waals surface area contributed by atoms with Crippen LogP contribution in [0.15, 0.2) is 30.3 Å². The number of aryl methyl sites for hydroxylation is 1. The van der Waals surface area contributed by atoms with E-state index in [4.69, 9.17) is 17.3 Å². The van der Waals surface area contributed by atoms with Crippen LogP contribution in [-0.4, -0.2) is 9.78 Å². The SMILES string of the molecule is CCC(c1cccc(Cl)c1)n1nc(C)cc1N. The maximum absolute atomic E-state index is 6.02. The standard InChI is InChI=1S/C13H16ClN3/c1-3-12(10-5-4-6-11(14)8-10)17-13(15)7-9(2)16-17/h4-8,12H,3,15H2,1-2H3. The van der Waals surface area contributed by atoms with Gasteiger partial charge in [-0.2, -0.15) is 5.10 Å². The van der Waals surface area contributed by atoms with E-state index >= 15 is 0 Å². The summed E-state index contributed by atoms with van der Waals surface area (Å²) in [6.07, 6.45) is 0.922. The van der Waals surface area contributed by atoms with E-state index in [1.807, 2.05) is 35.9 Å². The third kappa shape index (κ3) is 2.44. The molecule has 0 fully saturated rings. The van der Waals surface area contributed by atoms with Gasteiger partial charge >= 0.3 is 0 Å². The molecule has 1 heterocycles. The number of hydrogen-bond acceptors (Lipinski definition) is 2. The van der Waals surface area contributed by atoms with E-state index in [-0.39, 0.29) is 6.04 Å². The number of aromatic nitrogens is 2. The molecule has 2 aromatic rings. The molecule has 90 valence electrons. The number of nitrogens with zero attached hydrogens (tertiary/aromatic N) is 2. The summed E-state index contributed by atoms with van der Waals surface area (Å²) in [6.45, 7) is 4.06. The van der Waals surface area contributed by atoms with E-state index < -0.39 is 0 Å². The fourth-order valence-corrected chi connectivity index (χ4v) is 2.25. The first kappa shape index (κ1) is 12.0. The van der Waals surface area contributed by atoms with Crippen LogP contribution in [0.4, 0.5) is 5.82 Å². The highest BCUT2D eigenvalue weighted by molar-refractivity contribution is 6.30. The molecule has 0 amide bonds. The highest BCUT2D eigenvalue weighted by atomic mass is 35.5. The van der Waals surface area contributed by atoms with Gasteiger partial charge < -0.3 is 5.73 Å². The topological polar surface area (TPSA) is 43.8 Å².